The van der Waals surface area contributed by atoms with Crippen molar-refractivity contribution >= 4 is 0 Å². The summed E-state index contributed by atoms with van der Waals surface area (Å²) in [6, 6.07) is 7.75. The van der Waals surface area contributed by atoms with E-state index in [0.29, 0.717) is 5.56 Å². The van der Waals surface area contributed by atoms with Crippen LogP contribution < -0.4 is 11.3 Å². The molecule has 0 amide bonds. The third-order valence-corrected chi connectivity index (χ3v) is 3.27. The molecule has 3 N–H and O–H groups in total. The van der Waals surface area contributed by atoms with Crippen molar-refractivity contribution in [1.82, 2.24) is 5.43 Å². The molecule has 0 heterocycles. The first kappa shape index (κ1) is 14.6. The quantitative estimate of drug-likeness (QED) is 0.667. The lowest BCUT2D eigenvalue weighted by Crippen LogP contribution is -2.31. The van der Waals surface area contributed by atoms with Crippen molar-refractivity contribution in [2.75, 3.05) is 0 Å². The molecule has 2 aromatic carbocycles. The fourth-order valence-electron chi connectivity index (χ4n) is 2.13. The molecule has 106 valence electrons. The maximum absolute atomic E-state index is 14.1. The number of benzene rings is 2. The highest BCUT2D eigenvalue weighted by atomic mass is 19.1. The lowest BCUT2D eigenvalue weighted by atomic mass is 9.97. The largest absolute Gasteiger partial charge is 0.271 e. The molecule has 0 saturated heterocycles. The number of aryl methyl sites for hydroxylation is 1. The first-order chi connectivity index (χ1) is 9.54. The third-order valence-electron chi connectivity index (χ3n) is 3.27. The van der Waals surface area contributed by atoms with Crippen LogP contribution in [0, 0.1) is 24.4 Å². The minimum absolute atomic E-state index is 0.0740. The Morgan fingerprint density at radius 2 is 1.65 bits per heavy atom. The molecule has 0 spiro atoms. The standard InChI is InChI=1S/C15H15F3N2/c1-9-4-2-5-10(15(9)18)14(20-19)8-11-12(16)6-3-7-13(11)17/h2-7,14,20H,8,19H2,1H3. The summed E-state index contributed by atoms with van der Waals surface area (Å²) >= 11 is 0. The second kappa shape index (κ2) is 6.07. The van der Waals surface area contributed by atoms with Gasteiger partial charge in [-0.3, -0.25) is 11.3 Å². The monoisotopic (exact) mass is 280 g/mol. The molecule has 0 aliphatic carbocycles. The Morgan fingerprint density at radius 1 is 1.05 bits per heavy atom. The highest BCUT2D eigenvalue weighted by molar-refractivity contribution is 5.30. The van der Waals surface area contributed by atoms with Gasteiger partial charge >= 0.3 is 0 Å². The Hall–Kier alpha value is -1.85. The maximum Gasteiger partial charge on any atom is 0.130 e. The maximum atomic E-state index is 14.1. The molecule has 0 saturated carbocycles. The average Bonchev–Trinajstić information content (AvgIpc) is 2.42. The van der Waals surface area contributed by atoms with E-state index in [1.165, 1.54) is 18.2 Å². The zero-order chi connectivity index (χ0) is 14.7. The number of hydrogen-bond donors (Lipinski definition) is 2. The number of halogens is 3. The van der Waals surface area contributed by atoms with E-state index in [4.69, 9.17) is 5.84 Å². The van der Waals surface area contributed by atoms with Crippen LogP contribution in [0.15, 0.2) is 36.4 Å². The molecule has 0 aromatic heterocycles. The molecule has 20 heavy (non-hydrogen) atoms. The first-order valence-electron chi connectivity index (χ1n) is 6.18. The van der Waals surface area contributed by atoms with Crippen LogP contribution in [0.1, 0.15) is 22.7 Å². The predicted octanol–water partition coefficient (Wildman–Crippen LogP) is 3.16. The number of hydrogen-bond acceptors (Lipinski definition) is 2. The van der Waals surface area contributed by atoms with E-state index in [1.807, 2.05) is 0 Å². The van der Waals surface area contributed by atoms with Gasteiger partial charge in [0.2, 0.25) is 0 Å². The molecule has 0 radical (unpaired) electrons. The number of rotatable bonds is 4. The van der Waals surface area contributed by atoms with Gasteiger partial charge in [-0.15, -0.1) is 0 Å². The van der Waals surface area contributed by atoms with Gasteiger partial charge < -0.3 is 0 Å². The summed E-state index contributed by atoms with van der Waals surface area (Å²) in [6.07, 6.45) is -0.0740. The van der Waals surface area contributed by atoms with Crippen molar-refractivity contribution in [3.63, 3.8) is 0 Å². The van der Waals surface area contributed by atoms with E-state index in [0.717, 1.165) is 0 Å². The van der Waals surface area contributed by atoms with Crippen LogP contribution in [0.4, 0.5) is 13.2 Å². The van der Waals surface area contributed by atoms with Gasteiger partial charge in [-0.1, -0.05) is 24.3 Å². The highest BCUT2D eigenvalue weighted by Gasteiger charge is 2.19. The Morgan fingerprint density at radius 3 is 2.25 bits per heavy atom. The van der Waals surface area contributed by atoms with E-state index in [-0.39, 0.29) is 17.5 Å². The van der Waals surface area contributed by atoms with Crippen LogP contribution in [0.5, 0.6) is 0 Å². The fourth-order valence-corrected chi connectivity index (χ4v) is 2.13. The molecule has 1 atom stereocenters. The smallest absolute Gasteiger partial charge is 0.130 e. The van der Waals surface area contributed by atoms with Gasteiger partial charge in [0.1, 0.15) is 17.5 Å². The van der Waals surface area contributed by atoms with Gasteiger partial charge in [0.15, 0.2) is 0 Å². The summed E-state index contributed by atoms with van der Waals surface area (Å²) in [5.74, 6) is 3.65. The normalized spacial score (nSPS) is 12.4. The van der Waals surface area contributed by atoms with Crippen molar-refractivity contribution in [3.05, 3.63) is 70.5 Å². The third kappa shape index (κ3) is 2.84. The van der Waals surface area contributed by atoms with Gasteiger partial charge in [-0.05, 0) is 31.0 Å². The van der Waals surface area contributed by atoms with Gasteiger partial charge in [0, 0.05) is 11.1 Å². The van der Waals surface area contributed by atoms with Crippen molar-refractivity contribution < 1.29 is 13.2 Å². The van der Waals surface area contributed by atoms with Crippen LogP contribution in [0.25, 0.3) is 0 Å². The van der Waals surface area contributed by atoms with Crippen molar-refractivity contribution in [3.8, 4) is 0 Å². The second-order valence-electron chi connectivity index (χ2n) is 4.60. The van der Waals surface area contributed by atoms with Gasteiger partial charge in [-0.25, -0.2) is 13.2 Å². The van der Waals surface area contributed by atoms with Gasteiger partial charge in [-0.2, -0.15) is 0 Å². The highest BCUT2D eigenvalue weighted by Crippen LogP contribution is 2.25. The van der Waals surface area contributed by atoms with Crippen LogP contribution in [0.2, 0.25) is 0 Å². The molecule has 0 fully saturated rings. The summed E-state index contributed by atoms with van der Waals surface area (Å²) in [7, 11) is 0. The molecule has 0 bridgehead atoms. The fraction of sp³-hybridized carbons (Fsp3) is 0.200. The van der Waals surface area contributed by atoms with Crippen LogP contribution in [-0.2, 0) is 6.42 Å². The Bertz CT molecular complexity index is 594. The molecule has 2 nitrogen and oxygen atoms in total. The summed E-state index contributed by atoms with van der Waals surface area (Å²) in [5.41, 5.74) is 3.04. The first-order valence-corrected chi connectivity index (χ1v) is 6.18. The van der Waals surface area contributed by atoms with E-state index < -0.39 is 23.5 Å². The van der Waals surface area contributed by atoms with Crippen molar-refractivity contribution in [2.24, 2.45) is 5.84 Å². The zero-order valence-electron chi connectivity index (χ0n) is 11.0. The summed E-state index contributed by atoms with van der Waals surface area (Å²) in [4.78, 5) is 0. The SMILES string of the molecule is Cc1cccc(C(Cc2c(F)cccc2F)NN)c1F. The van der Waals surface area contributed by atoms with Gasteiger partial charge in [0.25, 0.3) is 0 Å². The second-order valence-corrected chi connectivity index (χ2v) is 4.60. The van der Waals surface area contributed by atoms with E-state index >= 15 is 0 Å². The molecule has 0 aliphatic rings. The predicted molar refractivity (Wildman–Crippen MR) is 71.3 cm³/mol. The Balaban J connectivity index is 2.37. The molecule has 0 aliphatic heterocycles. The molecule has 1 unspecified atom stereocenters. The van der Waals surface area contributed by atoms with Crippen molar-refractivity contribution in [2.45, 2.75) is 19.4 Å². The average molecular weight is 280 g/mol. The number of nitrogens with one attached hydrogen (secondary N) is 1. The van der Waals surface area contributed by atoms with E-state index in [1.54, 1.807) is 25.1 Å². The molecular formula is C15H15F3N2. The van der Waals surface area contributed by atoms with Crippen LogP contribution >= 0.6 is 0 Å². The molecule has 5 heteroatoms. The molecule has 2 aromatic rings. The Labute approximate surface area is 115 Å². The lowest BCUT2D eigenvalue weighted by molar-refractivity contribution is 0.479. The van der Waals surface area contributed by atoms with E-state index in [2.05, 4.69) is 5.43 Å². The molecule has 2 rings (SSSR count). The number of nitrogens with two attached hydrogens (primary N) is 1. The van der Waals surface area contributed by atoms with Crippen LogP contribution in [0.3, 0.4) is 0 Å². The number of hydrazine groups is 1. The summed E-state index contributed by atoms with van der Waals surface area (Å²) in [5, 5.41) is 0. The minimum Gasteiger partial charge on any atom is -0.271 e. The van der Waals surface area contributed by atoms with Crippen molar-refractivity contribution in [1.29, 1.82) is 0 Å². The Kier molecular flexibility index (Phi) is 4.42. The molecular weight excluding hydrogens is 265 g/mol. The summed E-state index contributed by atoms with van der Waals surface area (Å²) in [6.45, 7) is 1.62. The topological polar surface area (TPSA) is 38.0 Å². The summed E-state index contributed by atoms with van der Waals surface area (Å²) < 4.78 is 41.3. The zero-order valence-corrected chi connectivity index (χ0v) is 11.0. The van der Waals surface area contributed by atoms with Crippen LogP contribution in [-0.4, -0.2) is 0 Å². The van der Waals surface area contributed by atoms with E-state index in [9.17, 15) is 13.2 Å². The lowest BCUT2D eigenvalue weighted by Gasteiger charge is -2.18. The minimum atomic E-state index is -0.707. The van der Waals surface area contributed by atoms with Gasteiger partial charge in [0.05, 0.1) is 6.04 Å².